The van der Waals surface area contributed by atoms with Crippen molar-refractivity contribution >= 4 is 131 Å². The molecule has 18 heteroatoms. The van der Waals surface area contributed by atoms with Crippen molar-refractivity contribution in [3.8, 4) is 55.3 Å². The van der Waals surface area contributed by atoms with Crippen LogP contribution in [-0.4, -0.2) is 11.6 Å². The van der Waals surface area contributed by atoms with Crippen LogP contribution >= 0.6 is 68.0 Å². The molecule has 440 valence electrons. The number of ether oxygens (including phenoxy) is 2. The van der Waals surface area contributed by atoms with Gasteiger partial charge in [0, 0.05) is 86.0 Å². The Morgan fingerprint density at radius 2 is 0.707 bits per heavy atom. The van der Waals surface area contributed by atoms with Gasteiger partial charge < -0.3 is 9.47 Å². The lowest BCUT2D eigenvalue weighted by molar-refractivity contribution is 0.103. The van der Waals surface area contributed by atoms with E-state index in [1.807, 2.05) is 64.1 Å². The van der Waals surface area contributed by atoms with Gasteiger partial charge in [-0.25, -0.2) is 17.6 Å². The van der Waals surface area contributed by atoms with Gasteiger partial charge in [0.25, 0.3) is 0 Å². The second-order valence-electron chi connectivity index (χ2n) is 22.9. The summed E-state index contributed by atoms with van der Waals surface area (Å²) in [7, 11) is 0. The molecule has 8 nitrogen and oxygen atoms in total. The van der Waals surface area contributed by atoms with Gasteiger partial charge in [-0.2, -0.15) is 21.0 Å². The van der Waals surface area contributed by atoms with E-state index >= 15 is 0 Å². The van der Waals surface area contributed by atoms with Gasteiger partial charge in [0.15, 0.2) is 57.5 Å². The van der Waals surface area contributed by atoms with E-state index in [0.29, 0.717) is 21.3 Å². The third-order valence-electron chi connectivity index (χ3n) is 17.4. The average Bonchev–Trinajstić information content (AvgIpc) is 1.58. The highest BCUT2D eigenvalue weighted by molar-refractivity contribution is 7.37. The number of Topliss-reactive ketones (excluding diaryl/α,β-unsaturated/α-hetero) is 2. The highest BCUT2D eigenvalue weighted by Gasteiger charge is 2.53. The van der Waals surface area contributed by atoms with Crippen molar-refractivity contribution in [1.29, 1.82) is 21.0 Å². The number of thiophene rings is 6. The van der Waals surface area contributed by atoms with E-state index < -0.39 is 57.2 Å². The third kappa shape index (κ3) is 8.09. The summed E-state index contributed by atoms with van der Waals surface area (Å²) < 4.78 is 80.5. The number of fused-ring (bicyclic) bond motifs is 15. The lowest BCUT2D eigenvalue weighted by Crippen LogP contribution is -2.38. The van der Waals surface area contributed by atoms with Crippen LogP contribution in [0.1, 0.15) is 97.2 Å². The Morgan fingerprint density at radius 1 is 0.402 bits per heavy atom. The summed E-state index contributed by atoms with van der Waals surface area (Å²) in [6, 6.07) is 47.9. The summed E-state index contributed by atoms with van der Waals surface area (Å²) in [6.45, 7) is 8.10. The monoisotopic (exact) mass is 1310 g/mol. The molecule has 0 saturated heterocycles. The van der Waals surface area contributed by atoms with E-state index in [9.17, 15) is 48.2 Å². The van der Waals surface area contributed by atoms with Crippen LogP contribution in [0, 0.1) is 96.3 Å². The Balaban J connectivity index is 0.938. The summed E-state index contributed by atoms with van der Waals surface area (Å²) in [5.74, 6) is -4.85. The van der Waals surface area contributed by atoms with Gasteiger partial charge in [0.05, 0.1) is 38.3 Å². The van der Waals surface area contributed by atoms with Crippen LogP contribution in [0.2, 0.25) is 0 Å². The molecular formula is C74H36F4N4O4S6. The maximum absolute atomic E-state index is 14.9. The number of allylic oxidation sites excluding steroid dienone is 6. The SMILES string of the molecule is Cc1ccc(C2(c3ccc(C)cc3)Oc3c(sc4c5c(sc34)-c3sc4cc(/C=C6\C(=O)c7cc(F)c(F)cc7C6=C(C#N)C#N)sc4c3C(c3ccc(C)cc3)(c3ccc(C)cc3)O5)-c3sc4cc(/C=C5\C(=O)c6cc(F)c(F)cc6C5=C(C#N)C#N)sc4c32)cc1. The molecule has 2 aliphatic carbocycles. The highest BCUT2D eigenvalue weighted by atomic mass is 32.1. The number of hydrogen-bond acceptors (Lipinski definition) is 14. The molecule has 8 heterocycles. The molecule has 6 aromatic heterocycles. The Hall–Kier alpha value is -10.1. The van der Waals surface area contributed by atoms with E-state index in [1.54, 1.807) is 57.5 Å². The first-order valence-electron chi connectivity index (χ1n) is 28.5. The van der Waals surface area contributed by atoms with Gasteiger partial charge in [0.1, 0.15) is 35.4 Å². The molecule has 2 aliphatic heterocycles. The fourth-order valence-corrected chi connectivity index (χ4v) is 21.3. The Labute approximate surface area is 545 Å². The molecule has 6 aromatic carbocycles. The molecule has 4 aliphatic rings. The van der Waals surface area contributed by atoms with Crippen LogP contribution in [-0.2, 0) is 11.2 Å². The highest BCUT2D eigenvalue weighted by Crippen LogP contribution is 2.69. The molecule has 0 saturated carbocycles. The van der Waals surface area contributed by atoms with Crippen LogP contribution in [0.3, 0.4) is 0 Å². The number of aryl methyl sites for hydroxylation is 4. The summed E-state index contributed by atoms with van der Waals surface area (Å²) in [4.78, 5) is 33.4. The van der Waals surface area contributed by atoms with Crippen molar-refractivity contribution in [3.05, 3.63) is 267 Å². The second kappa shape index (κ2) is 20.7. The van der Waals surface area contributed by atoms with E-state index in [0.717, 1.165) is 128 Å². The number of ketones is 2. The van der Waals surface area contributed by atoms with Gasteiger partial charge in [-0.1, -0.05) is 119 Å². The number of rotatable bonds is 6. The smallest absolute Gasteiger partial charge is 0.194 e. The Kier molecular flexibility index (Phi) is 12.8. The molecule has 0 unspecified atom stereocenters. The third-order valence-corrected chi connectivity index (χ3v) is 24.9. The zero-order chi connectivity index (χ0) is 63.5. The van der Waals surface area contributed by atoms with Crippen LogP contribution in [0.25, 0.3) is 71.0 Å². The predicted molar refractivity (Wildman–Crippen MR) is 356 cm³/mol. The molecule has 0 bridgehead atoms. The number of carbonyl (C=O) groups excluding carboxylic acids is 2. The normalized spacial score (nSPS) is 15.5. The van der Waals surface area contributed by atoms with Crippen molar-refractivity contribution in [2.45, 2.75) is 38.9 Å². The zero-order valence-electron chi connectivity index (χ0n) is 48.2. The van der Waals surface area contributed by atoms with Gasteiger partial charge in [0.2, 0.25) is 0 Å². The first-order chi connectivity index (χ1) is 44.5. The quantitative estimate of drug-likeness (QED) is 0.0908. The number of hydrogen-bond donors (Lipinski definition) is 0. The maximum atomic E-state index is 14.9. The van der Waals surface area contributed by atoms with E-state index in [-0.39, 0.29) is 44.5 Å². The summed E-state index contributed by atoms with van der Waals surface area (Å²) in [5.41, 5.74) is 5.28. The first kappa shape index (κ1) is 57.1. The molecule has 16 rings (SSSR count). The van der Waals surface area contributed by atoms with Crippen molar-refractivity contribution in [3.63, 3.8) is 0 Å². The van der Waals surface area contributed by atoms with E-state index in [1.165, 1.54) is 22.7 Å². The Morgan fingerprint density at radius 3 is 1.01 bits per heavy atom. The fraction of sp³-hybridized carbons (Fsp3) is 0.0811. The minimum absolute atomic E-state index is 0.0301. The standard InChI is InChI=1S/C74H36F4N4O4S6/c1-33-5-13-39(14-6-33)73(40-15-7-34(2)8-16-40)59-65-55(23-43(87-65)21-49-57(37(29-79)30-80)45-25-51(75)53(77)27-47(45)61(49)83)89-67(59)69-63(85-73)71-72(91-69)64-70(92-71)68-60(74(86-64,41-17-9-35(3)10-18-41)42-19-11-36(4)12-20-42)66-56(90-68)24-44(88-66)22-50-58(38(31-81)32-82)46-26-52(76)54(78)28-48(46)62(50)84/h5-28H,1-4H3/b49-21-,50-22-. The van der Waals surface area contributed by atoms with E-state index in [2.05, 4.69) is 97.1 Å². The van der Waals surface area contributed by atoms with Crippen molar-refractivity contribution in [1.82, 2.24) is 0 Å². The van der Waals surface area contributed by atoms with Gasteiger partial charge in [-0.3, -0.25) is 9.59 Å². The van der Waals surface area contributed by atoms with Crippen molar-refractivity contribution in [2.75, 3.05) is 0 Å². The molecule has 0 spiro atoms. The predicted octanol–water partition coefficient (Wildman–Crippen LogP) is 20.2. The average molecular weight is 1310 g/mol. The minimum atomic E-state index is -1.30. The first-order valence-corrected chi connectivity index (χ1v) is 33.4. The maximum Gasteiger partial charge on any atom is 0.194 e. The topological polar surface area (TPSA) is 148 Å². The van der Waals surface area contributed by atoms with Crippen LogP contribution in [0.4, 0.5) is 17.6 Å². The molecule has 12 aromatic rings. The van der Waals surface area contributed by atoms with Crippen LogP contribution in [0.5, 0.6) is 11.5 Å². The van der Waals surface area contributed by atoms with Gasteiger partial charge in [-0.15, -0.1) is 68.0 Å². The molecule has 0 atom stereocenters. The van der Waals surface area contributed by atoms with Crippen molar-refractivity contribution in [2.24, 2.45) is 0 Å². The van der Waals surface area contributed by atoms with Crippen LogP contribution in [0.15, 0.2) is 156 Å². The molecule has 0 fully saturated rings. The lowest BCUT2D eigenvalue weighted by atomic mass is 9.78. The minimum Gasteiger partial charge on any atom is -0.470 e. The largest absolute Gasteiger partial charge is 0.470 e. The summed E-state index contributed by atoms with van der Waals surface area (Å²) >= 11 is 9.10. The number of halogens is 4. The molecule has 0 amide bonds. The fourth-order valence-electron chi connectivity index (χ4n) is 13.1. The van der Waals surface area contributed by atoms with Crippen LogP contribution < -0.4 is 9.47 Å². The number of benzene rings is 6. The van der Waals surface area contributed by atoms with Crippen molar-refractivity contribution < 1.29 is 36.6 Å². The van der Waals surface area contributed by atoms with Gasteiger partial charge >= 0.3 is 0 Å². The molecular weight excluding hydrogens is 1280 g/mol. The lowest BCUT2D eigenvalue weighted by Gasteiger charge is -2.39. The molecule has 0 radical (unpaired) electrons. The Bertz CT molecular complexity index is 5230. The second-order valence-corrected chi connectivity index (χ2v) is 29.2. The number of carbonyl (C=O) groups is 2. The number of nitriles is 4. The zero-order valence-corrected chi connectivity index (χ0v) is 53.1. The summed E-state index contributed by atoms with van der Waals surface area (Å²) in [5, 5.41) is 40.6. The van der Waals surface area contributed by atoms with E-state index in [4.69, 9.17) is 9.47 Å². The number of nitrogens with zero attached hydrogens (tertiary/aromatic N) is 4. The molecule has 92 heavy (non-hydrogen) atoms. The summed E-state index contributed by atoms with van der Waals surface area (Å²) in [6.07, 6.45) is 3.19. The molecule has 0 N–H and O–H groups in total. The van der Waals surface area contributed by atoms with Gasteiger partial charge in [-0.05, 0) is 87.4 Å².